The predicted molar refractivity (Wildman–Crippen MR) is 68.6 cm³/mol. The minimum absolute atomic E-state index is 0.00968. The van der Waals surface area contributed by atoms with Crippen LogP contribution in [0.25, 0.3) is 0 Å². The van der Waals surface area contributed by atoms with Crippen LogP contribution in [0.1, 0.15) is 39.5 Å². The van der Waals surface area contributed by atoms with E-state index in [2.05, 4.69) is 5.32 Å². The van der Waals surface area contributed by atoms with E-state index in [0.717, 1.165) is 19.3 Å². The molecule has 2 N–H and O–H groups in total. The zero-order valence-corrected chi connectivity index (χ0v) is 11.1. The number of hydrogen-bond donors (Lipinski definition) is 2. The number of carbonyl (C=O) groups excluding carboxylic acids is 1. The highest BCUT2D eigenvalue weighted by Gasteiger charge is 2.25. The first kappa shape index (κ1) is 13.8. The zero-order chi connectivity index (χ0) is 12.0. The first-order valence-corrected chi connectivity index (χ1v) is 7.24. The van der Waals surface area contributed by atoms with Gasteiger partial charge < -0.3 is 10.4 Å². The summed E-state index contributed by atoms with van der Waals surface area (Å²) >= 11 is 1.98. The first-order chi connectivity index (χ1) is 7.59. The topological polar surface area (TPSA) is 49.3 Å². The molecular formula is C12H23NO2S. The fourth-order valence-corrected chi connectivity index (χ4v) is 3.04. The van der Waals surface area contributed by atoms with Gasteiger partial charge in [-0.25, -0.2) is 0 Å². The standard InChI is InChI=1S/C12H23NO2S/c1-3-12(2,9-14)13-11(15)8-10-4-6-16-7-5-10/h10,14H,3-9H2,1-2H3,(H,13,15). The van der Waals surface area contributed by atoms with Crippen LogP contribution in [-0.4, -0.2) is 34.7 Å². The normalized spacial score (nSPS) is 21.4. The Labute approximate surface area is 102 Å². The molecule has 0 aliphatic carbocycles. The lowest BCUT2D eigenvalue weighted by atomic mass is 9.96. The van der Waals surface area contributed by atoms with Gasteiger partial charge in [-0.1, -0.05) is 6.92 Å². The molecule has 0 aromatic carbocycles. The van der Waals surface area contributed by atoms with E-state index in [-0.39, 0.29) is 12.5 Å². The molecular weight excluding hydrogens is 222 g/mol. The lowest BCUT2D eigenvalue weighted by Crippen LogP contribution is -2.48. The molecule has 0 bridgehead atoms. The molecule has 0 radical (unpaired) electrons. The molecule has 1 rings (SSSR count). The van der Waals surface area contributed by atoms with Crippen LogP contribution in [0.3, 0.4) is 0 Å². The van der Waals surface area contributed by atoms with Gasteiger partial charge in [-0.15, -0.1) is 0 Å². The van der Waals surface area contributed by atoms with E-state index in [0.29, 0.717) is 12.3 Å². The van der Waals surface area contributed by atoms with Crippen molar-refractivity contribution in [3.05, 3.63) is 0 Å². The molecule has 1 aliphatic heterocycles. The van der Waals surface area contributed by atoms with Crippen molar-refractivity contribution in [1.82, 2.24) is 5.32 Å². The Hall–Kier alpha value is -0.220. The fourth-order valence-electron chi connectivity index (χ4n) is 1.84. The number of carbonyl (C=O) groups is 1. The molecule has 1 aliphatic rings. The van der Waals surface area contributed by atoms with Crippen LogP contribution < -0.4 is 5.32 Å². The second kappa shape index (κ2) is 6.50. The summed E-state index contributed by atoms with van der Waals surface area (Å²) in [5.41, 5.74) is -0.444. The van der Waals surface area contributed by atoms with Gasteiger partial charge >= 0.3 is 0 Å². The van der Waals surface area contributed by atoms with Gasteiger partial charge in [0.25, 0.3) is 0 Å². The van der Waals surface area contributed by atoms with E-state index in [4.69, 9.17) is 0 Å². The summed E-state index contributed by atoms with van der Waals surface area (Å²) in [5, 5.41) is 12.2. The van der Waals surface area contributed by atoms with Crippen LogP contribution in [0, 0.1) is 5.92 Å². The predicted octanol–water partition coefficient (Wildman–Crippen LogP) is 1.80. The summed E-state index contributed by atoms with van der Waals surface area (Å²) in [6.45, 7) is 3.88. The second-order valence-corrected chi connectivity index (χ2v) is 6.11. The summed E-state index contributed by atoms with van der Waals surface area (Å²) in [6.07, 6.45) is 3.69. The van der Waals surface area contributed by atoms with Crippen LogP contribution >= 0.6 is 11.8 Å². The van der Waals surface area contributed by atoms with Gasteiger partial charge in [0.2, 0.25) is 5.91 Å². The average molecular weight is 245 g/mol. The summed E-state index contributed by atoms with van der Waals surface area (Å²) in [4.78, 5) is 11.8. The van der Waals surface area contributed by atoms with Gasteiger partial charge in [0.15, 0.2) is 0 Å². The van der Waals surface area contributed by atoms with Gasteiger partial charge in [0.1, 0.15) is 0 Å². The zero-order valence-electron chi connectivity index (χ0n) is 10.3. The quantitative estimate of drug-likeness (QED) is 0.776. The van der Waals surface area contributed by atoms with Crippen molar-refractivity contribution in [3.63, 3.8) is 0 Å². The highest BCUT2D eigenvalue weighted by atomic mass is 32.2. The summed E-state index contributed by atoms with van der Waals surface area (Å²) < 4.78 is 0. The monoisotopic (exact) mass is 245 g/mol. The van der Waals surface area contributed by atoms with Crippen molar-refractivity contribution in [2.24, 2.45) is 5.92 Å². The van der Waals surface area contributed by atoms with Crippen LogP contribution in [0.15, 0.2) is 0 Å². The molecule has 16 heavy (non-hydrogen) atoms. The Balaban J connectivity index is 2.34. The lowest BCUT2D eigenvalue weighted by Gasteiger charge is -2.29. The summed E-state index contributed by atoms with van der Waals surface area (Å²) in [5.74, 6) is 3.00. The largest absolute Gasteiger partial charge is 0.394 e. The van der Waals surface area contributed by atoms with Gasteiger partial charge in [0.05, 0.1) is 12.1 Å². The molecule has 0 aromatic heterocycles. The SMILES string of the molecule is CCC(C)(CO)NC(=O)CC1CCSCC1. The average Bonchev–Trinajstić information content (AvgIpc) is 2.30. The Kier molecular flexibility index (Phi) is 5.62. The Morgan fingerprint density at radius 3 is 2.62 bits per heavy atom. The lowest BCUT2D eigenvalue weighted by molar-refractivity contribution is -0.124. The molecule has 1 amide bonds. The number of aliphatic hydroxyl groups excluding tert-OH is 1. The van der Waals surface area contributed by atoms with E-state index in [1.807, 2.05) is 25.6 Å². The molecule has 4 heteroatoms. The van der Waals surface area contributed by atoms with Crippen molar-refractivity contribution >= 4 is 17.7 Å². The number of amides is 1. The molecule has 1 unspecified atom stereocenters. The highest BCUT2D eigenvalue weighted by Crippen LogP contribution is 2.25. The number of aliphatic hydroxyl groups is 1. The third kappa shape index (κ3) is 4.34. The minimum Gasteiger partial charge on any atom is -0.394 e. The molecule has 0 saturated carbocycles. The first-order valence-electron chi connectivity index (χ1n) is 6.09. The Morgan fingerprint density at radius 2 is 2.12 bits per heavy atom. The molecule has 0 aromatic rings. The fraction of sp³-hybridized carbons (Fsp3) is 0.917. The molecule has 1 atom stereocenters. The van der Waals surface area contributed by atoms with Gasteiger partial charge in [-0.3, -0.25) is 4.79 Å². The minimum atomic E-state index is -0.444. The van der Waals surface area contributed by atoms with Crippen molar-refractivity contribution in [1.29, 1.82) is 0 Å². The van der Waals surface area contributed by atoms with E-state index in [1.165, 1.54) is 11.5 Å². The van der Waals surface area contributed by atoms with Crippen LogP contribution in [0.5, 0.6) is 0 Å². The summed E-state index contributed by atoms with van der Waals surface area (Å²) in [7, 11) is 0. The number of rotatable bonds is 5. The number of hydrogen-bond acceptors (Lipinski definition) is 3. The van der Waals surface area contributed by atoms with E-state index < -0.39 is 5.54 Å². The molecule has 1 heterocycles. The number of nitrogens with one attached hydrogen (secondary N) is 1. The third-order valence-corrected chi connectivity index (χ3v) is 4.43. The van der Waals surface area contributed by atoms with Gasteiger partial charge in [0, 0.05) is 6.42 Å². The maximum Gasteiger partial charge on any atom is 0.220 e. The Bertz CT molecular complexity index is 223. The van der Waals surface area contributed by atoms with Crippen LogP contribution in [0.4, 0.5) is 0 Å². The van der Waals surface area contributed by atoms with Gasteiger partial charge in [-0.2, -0.15) is 11.8 Å². The highest BCUT2D eigenvalue weighted by molar-refractivity contribution is 7.99. The molecule has 1 fully saturated rings. The van der Waals surface area contributed by atoms with E-state index >= 15 is 0 Å². The van der Waals surface area contributed by atoms with E-state index in [1.54, 1.807) is 0 Å². The maximum atomic E-state index is 11.8. The molecule has 0 spiro atoms. The molecule has 94 valence electrons. The van der Waals surface area contributed by atoms with Crippen molar-refractivity contribution < 1.29 is 9.90 Å². The maximum absolute atomic E-state index is 11.8. The van der Waals surface area contributed by atoms with E-state index in [9.17, 15) is 9.90 Å². The molecule has 1 saturated heterocycles. The van der Waals surface area contributed by atoms with Crippen molar-refractivity contribution in [3.8, 4) is 0 Å². The molecule has 3 nitrogen and oxygen atoms in total. The summed E-state index contributed by atoms with van der Waals surface area (Å²) in [6, 6.07) is 0. The Morgan fingerprint density at radius 1 is 1.50 bits per heavy atom. The van der Waals surface area contributed by atoms with Crippen molar-refractivity contribution in [2.75, 3.05) is 18.1 Å². The number of thioether (sulfide) groups is 1. The second-order valence-electron chi connectivity index (χ2n) is 4.88. The van der Waals surface area contributed by atoms with Crippen LogP contribution in [0.2, 0.25) is 0 Å². The van der Waals surface area contributed by atoms with Crippen molar-refractivity contribution in [2.45, 2.75) is 45.1 Å². The third-order valence-electron chi connectivity index (χ3n) is 3.39. The van der Waals surface area contributed by atoms with Gasteiger partial charge in [-0.05, 0) is 43.6 Å². The van der Waals surface area contributed by atoms with Crippen LogP contribution in [-0.2, 0) is 4.79 Å². The smallest absolute Gasteiger partial charge is 0.220 e.